The molecule has 1 aromatic heterocycles. The Bertz CT molecular complexity index is 395. The highest BCUT2D eigenvalue weighted by Crippen LogP contribution is 2.21. The van der Waals surface area contributed by atoms with E-state index < -0.39 is 0 Å². The summed E-state index contributed by atoms with van der Waals surface area (Å²) < 4.78 is 5.39. The van der Waals surface area contributed by atoms with Crippen molar-refractivity contribution >= 4 is 0 Å². The van der Waals surface area contributed by atoms with Crippen LogP contribution in [0.1, 0.15) is 11.1 Å². The van der Waals surface area contributed by atoms with Gasteiger partial charge in [-0.05, 0) is 25.5 Å². The Kier molecular flexibility index (Phi) is 1.93. The summed E-state index contributed by atoms with van der Waals surface area (Å²) in [5, 5.41) is 0. The Balaban J connectivity index is 2.41. The van der Waals surface area contributed by atoms with E-state index in [1.165, 1.54) is 5.56 Å². The predicted molar refractivity (Wildman–Crippen MR) is 53.6 cm³/mol. The smallest absolute Gasteiger partial charge is 0.134 e. The van der Waals surface area contributed by atoms with Crippen molar-refractivity contribution in [3.8, 4) is 11.3 Å². The summed E-state index contributed by atoms with van der Waals surface area (Å²) in [6.07, 6.45) is 1.77. The van der Waals surface area contributed by atoms with Crippen LogP contribution in [-0.4, -0.2) is 0 Å². The molecule has 1 aromatic carbocycles. The van der Waals surface area contributed by atoms with Crippen molar-refractivity contribution in [2.75, 3.05) is 0 Å². The fourth-order valence-electron chi connectivity index (χ4n) is 1.30. The van der Waals surface area contributed by atoms with Gasteiger partial charge in [0.1, 0.15) is 5.76 Å². The highest BCUT2D eigenvalue weighted by atomic mass is 16.3. The molecule has 1 heteroatoms. The molecule has 0 saturated carbocycles. The maximum Gasteiger partial charge on any atom is 0.134 e. The average molecular weight is 172 g/mol. The van der Waals surface area contributed by atoms with E-state index in [0.717, 1.165) is 16.9 Å². The Hall–Kier alpha value is -1.50. The summed E-state index contributed by atoms with van der Waals surface area (Å²) in [6, 6.07) is 10.4. The summed E-state index contributed by atoms with van der Waals surface area (Å²) in [6.45, 7) is 4.11. The highest BCUT2D eigenvalue weighted by molar-refractivity contribution is 5.58. The van der Waals surface area contributed by atoms with Crippen LogP contribution in [0.5, 0.6) is 0 Å². The number of benzene rings is 1. The topological polar surface area (TPSA) is 13.1 Å². The van der Waals surface area contributed by atoms with Gasteiger partial charge in [-0.3, -0.25) is 0 Å². The normalized spacial score (nSPS) is 10.3. The third kappa shape index (κ3) is 1.64. The minimum atomic E-state index is 0.942. The zero-order chi connectivity index (χ0) is 9.26. The van der Waals surface area contributed by atoms with Crippen LogP contribution >= 0.6 is 0 Å². The van der Waals surface area contributed by atoms with Crippen molar-refractivity contribution in [2.24, 2.45) is 0 Å². The van der Waals surface area contributed by atoms with Gasteiger partial charge in [0.2, 0.25) is 0 Å². The summed E-state index contributed by atoms with van der Waals surface area (Å²) >= 11 is 0. The molecular formula is C12H12O. The molecule has 1 heterocycles. The van der Waals surface area contributed by atoms with Crippen molar-refractivity contribution in [1.82, 2.24) is 0 Å². The van der Waals surface area contributed by atoms with E-state index >= 15 is 0 Å². The summed E-state index contributed by atoms with van der Waals surface area (Å²) in [7, 11) is 0. The Morgan fingerprint density at radius 2 is 1.62 bits per heavy atom. The fourth-order valence-corrected chi connectivity index (χ4v) is 1.30. The molecule has 2 rings (SSSR count). The van der Waals surface area contributed by atoms with E-state index in [1.54, 1.807) is 6.26 Å². The number of hydrogen-bond acceptors (Lipinski definition) is 1. The van der Waals surface area contributed by atoms with Crippen molar-refractivity contribution < 1.29 is 4.42 Å². The predicted octanol–water partition coefficient (Wildman–Crippen LogP) is 3.56. The third-order valence-electron chi connectivity index (χ3n) is 2.07. The second-order valence-electron chi connectivity index (χ2n) is 3.35. The number of hydrogen-bond donors (Lipinski definition) is 0. The molecule has 1 nitrogen and oxygen atoms in total. The van der Waals surface area contributed by atoms with Gasteiger partial charge in [0.15, 0.2) is 0 Å². The molecule has 13 heavy (non-hydrogen) atoms. The first-order valence-electron chi connectivity index (χ1n) is 4.38. The molecule has 0 saturated heterocycles. The molecule has 0 aliphatic carbocycles. The van der Waals surface area contributed by atoms with E-state index in [2.05, 4.69) is 31.2 Å². The minimum Gasteiger partial charge on any atom is -0.464 e. The molecule has 0 atom stereocenters. The van der Waals surface area contributed by atoms with Gasteiger partial charge in [0, 0.05) is 5.56 Å². The Labute approximate surface area is 78.0 Å². The molecule has 0 aliphatic rings. The van der Waals surface area contributed by atoms with E-state index in [-0.39, 0.29) is 0 Å². The van der Waals surface area contributed by atoms with Crippen LogP contribution in [0.3, 0.4) is 0 Å². The van der Waals surface area contributed by atoms with Crippen LogP contribution in [0, 0.1) is 13.8 Å². The first-order valence-corrected chi connectivity index (χ1v) is 4.38. The van der Waals surface area contributed by atoms with Crippen LogP contribution in [0.25, 0.3) is 11.3 Å². The average Bonchev–Trinajstić information content (AvgIpc) is 2.53. The van der Waals surface area contributed by atoms with Gasteiger partial charge >= 0.3 is 0 Å². The molecule has 2 aromatic rings. The van der Waals surface area contributed by atoms with Crippen LogP contribution in [0.15, 0.2) is 41.0 Å². The van der Waals surface area contributed by atoms with Crippen LogP contribution in [0.4, 0.5) is 0 Å². The zero-order valence-electron chi connectivity index (χ0n) is 7.87. The molecule has 0 amide bonds. The van der Waals surface area contributed by atoms with Crippen LogP contribution < -0.4 is 0 Å². The molecule has 0 spiro atoms. The van der Waals surface area contributed by atoms with Gasteiger partial charge in [-0.15, -0.1) is 0 Å². The van der Waals surface area contributed by atoms with Gasteiger partial charge in [0.25, 0.3) is 0 Å². The van der Waals surface area contributed by atoms with Gasteiger partial charge < -0.3 is 4.42 Å². The van der Waals surface area contributed by atoms with E-state index in [1.807, 2.05) is 13.0 Å². The molecule has 0 N–H and O–H groups in total. The van der Waals surface area contributed by atoms with Crippen molar-refractivity contribution in [3.63, 3.8) is 0 Å². The first kappa shape index (κ1) is 8.11. The van der Waals surface area contributed by atoms with Crippen molar-refractivity contribution in [2.45, 2.75) is 13.8 Å². The van der Waals surface area contributed by atoms with Crippen molar-refractivity contribution in [3.05, 3.63) is 47.7 Å². The standard InChI is InChI=1S/C12H12O/c1-9-3-5-11(6-4-9)12-7-10(2)8-13-12/h3-8H,1-2H3. The minimum absolute atomic E-state index is 0.942. The van der Waals surface area contributed by atoms with E-state index in [0.29, 0.717) is 0 Å². The molecule has 0 fully saturated rings. The number of furan rings is 1. The number of aryl methyl sites for hydroxylation is 2. The highest BCUT2D eigenvalue weighted by Gasteiger charge is 2.00. The second-order valence-corrected chi connectivity index (χ2v) is 3.35. The van der Waals surface area contributed by atoms with Gasteiger partial charge in [-0.2, -0.15) is 0 Å². The number of rotatable bonds is 1. The van der Waals surface area contributed by atoms with E-state index in [4.69, 9.17) is 4.42 Å². The SMILES string of the molecule is Cc1ccc(-c2cc(C)co2)cc1. The van der Waals surface area contributed by atoms with Gasteiger partial charge in [0.05, 0.1) is 6.26 Å². The lowest BCUT2D eigenvalue weighted by molar-refractivity contribution is 0.580. The lowest BCUT2D eigenvalue weighted by Crippen LogP contribution is -1.74. The maximum absolute atomic E-state index is 5.39. The molecule has 0 unspecified atom stereocenters. The summed E-state index contributed by atoms with van der Waals surface area (Å²) in [5.41, 5.74) is 3.57. The van der Waals surface area contributed by atoms with Crippen LogP contribution in [-0.2, 0) is 0 Å². The lowest BCUT2D eigenvalue weighted by Gasteiger charge is -1.96. The lowest BCUT2D eigenvalue weighted by atomic mass is 10.1. The fraction of sp³-hybridized carbons (Fsp3) is 0.167. The first-order chi connectivity index (χ1) is 6.25. The Morgan fingerprint density at radius 3 is 2.15 bits per heavy atom. The van der Waals surface area contributed by atoms with Gasteiger partial charge in [-0.1, -0.05) is 29.8 Å². The molecule has 0 aliphatic heterocycles. The molecule has 0 bridgehead atoms. The maximum atomic E-state index is 5.39. The summed E-state index contributed by atoms with van der Waals surface area (Å²) in [4.78, 5) is 0. The second kappa shape index (κ2) is 3.09. The van der Waals surface area contributed by atoms with Gasteiger partial charge in [-0.25, -0.2) is 0 Å². The quantitative estimate of drug-likeness (QED) is 0.641. The molecule has 66 valence electrons. The largest absolute Gasteiger partial charge is 0.464 e. The molecular weight excluding hydrogens is 160 g/mol. The van der Waals surface area contributed by atoms with Crippen LogP contribution in [0.2, 0.25) is 0 Å². The van der Waals surface area contributed by atoms with Crippen molar-refractivity contribution in [1.29, 1.82) is 0 Å². The molecule has 0 radical (unpaired) electrons. The third-order valence-corrected chi connectivity index (χ3v) is 2.07. The summed E-state index contributed by atoms with van der Waals surface area (Å²) in [5.74, 6) is 0.942. The Morgan fingerprint density at radius 1 is 0.923 bits per heavy atom. The zero-order valence-corrected chi connectivity index (χ0v) is 7.87. The van der Waals surface area contributed by atoms with E-state index in [9.17, 15) is 0 Å². The monoisotopic (exact) mass is 172 g/mol.